The van der Waals surface area contributed by atoms with Crippen LogP contribution in [0.25, 0.3) is 0 Å². The number of hydrogen-bond donors (Lipinski definition) is 0. The minimum absolute atomic E-state index is 0.110. The van der Waals surface area contributed by atoms with Crippen LogP contribution in [-0.4, -0.2) is 14.0 Å². The molecule has 0 bridgehead atoms. The molecule has 1 aromatic heterocycles. The maximum Gasteiger partial charge on any atom is 0.138 e. The molecular formula is C7H9Br2IN2. The van der Waals surface area contributed by atoms with Crippen LogP contribution in [0.15, 0.2) is 15.5 Å². The van der Waals surface area contributed by atoms with Crippen LogP contribution < -0.4 is 0 Å². The average molecular weight is 408 g/mol. The predicted octanol–water partition coefficient (Wildman–Crippen LogP) is 3.58. The Bertz CT molecular complexity index is 283. The zero-order valence-corrected chi connectivity index (χ0v) is 12.1. The lowest BCUT2D eigenvalue weighted by Crippen LogP contribution is -2.27. The van der Waals surface area contributed by atoms with Gasteiger partial charge in [-0.3, -0.25) is 0 Å². The van der Waals surface area contributed by atoms with Gasteiger partial charge in [-0.15, -0.1) is 0 Å². The number of rotatable bonds is 2. The molecule has 0 aliphatic rings. The molecule has 0 saturated carbocycles. The summed E-state index contributed by atoms with van der Waals surface area (Å²) >= 11 is 9.21. The third-order valence-electron chi connectivity index (χ3n) is 1.65. The number of nitrogens with zero attached hydrogens (tertiary/aromatic N) is 2. The first-order chi connectivity index (χ1) is 5.49. The smallest absolute Gasteiger partial charge is 0.138 e. The molecule has 68 valence electrons. The van der Waals surface area contributed by atoms with E-state index in [1.807, 2.05) is 6.33 Å². The van der Waals surface area contributed by atoms with Gasteiger partial charge >= 0.3 is 0 Å². The standard InChI is InChI=1S/C7H9Br2IN2/c1-7(2,3-10)12-4-11-5(8)6(12)9/h4H,3H2,1-2H3. The molecule has 0 aromatic carbocycles. The van der Waals surface area contributed by atoms with Crippen LogP contribution in [0, 0.1) is 0 Å². The summed E-state index contributed by atoms with van der Waals surface area (Å²) in [7, 11) is 0. The Morgan fingerprint density at radius 1 is 1.58 bits per heavy atom. The monoisotopic (exact) mass is 406 g/mol. The molecule has 12 heavy (non-hydrogen) atoms. The Labute approximate surface area is 103 Å². The second-order valence-corrected chi connectivity index (χ2v) is 5.41. The second-order valence-electron chi connectivity index (χ2n) is 3.14. The van der Waals surface area contributed by atoms with Crippen LogP contribution in [-0.2, 0) is 5.54 Å². The van der Waals surface area contributed by atoms with Crippen molar-refractivity contribution in [3.63, 3.8) is 0 Å². The van der Waals surface area contributed by atoms with E-state index in [0.717, 1.165) is 13.6 Å². The minimum Gasteiger partial charge on any atom is -0.318 e. The van der Waals surface area contributed by atoms with Gasteiger partial charge in [-0.05, 0) is 45.7 Å². The molecule has 0 spiro atoms. The first-order valence-electron chi connectivity index (χ1n) is 3.44. The zero-order valence-electron chi connectivity index (χ0n) is 6.81. The molecule has 0 aliphatic carbocycles. The van der Waals surface area contributed by atoms with Crippen LogP contribution in [0.2, 0.25) is 0 Å². The van der Waals surface area contributed by atoms with Crippen LogP contribution in [0.5, 0.6) is 0 Å². The Hall–Kier alpha value is 0.900. The number of imidazole rings is 1. The van der Waals surface area contributed by atoms with E-state index < -0.39 is 0 Å². The summed E-state index contributed by atoms with van der Waals surface area (Å²) in [5.74, 6) is 0. The van der Waals surface area contributed by atoms with Gasteiger partial charge in [0, 0.05) is 9.97 Å². The van der Waals surface area contributed by atoms with E-state index in [-0.39, 0.29) is 5.54 Å². The zero-order chi connectivity index (χ0) is 9.35. The van der Waals surface area contributed by atoms with Gasteiger partial charge < -0.3 is 4.57 Å². The summed E-state index contributed by atoms with van der Waals surface area (Å²) in [5.41, 5.74) is 0.110. The maximum absolute atomic E-state index is 4.16. The molecule has 0 fully saturated rings. The number of hydrogen-bond acceptors (Lipinski definition) is 1. The van der Waals surface area contributed by atoms with Gasteiger partial charge in [0.15, 0.2) is 0 Å². The van der Waals surface area contributed by atoms with Crippen LogP contribution in [0.3, 0.4) is 0 Å². The van der Waals surface area contributed by atoms with Crippen molar-refractivity contribution in [1.82, 2.24) is 9.55 Å². The molecule has 5 heteroatoms. The van der Waals surface area contributed by atoms with E-state index in [0.29, 0.717) is 0 Å². The topological polar surface area (TPSA) is 17.8 Å². The maximum atomic E-state index is 4.16. The van der Waals surface area contributed by atoms with Gasteiger partial charge in [0.1, 0.15) is 9.21 Å². The lowest BCUT2D eigenvalue weighted by atomic mass is 10.1. The molecule has 0 radical (unpaired) electrons. The molecule has 0 saturated heterocycles. The predicted molar refractivity (Wildman–Crippen MR) is 65.8 cm³/mol. The molecule has 0 N–H and O–H groups in total. The van der Waals surface area contributed by atoms with E-state index in [1.54, 1.807) is 0 Å². The molecule has 0 unspecified atom stereocenters. The summed E-state index contributed by atoms with van der Waals surface area (Å²) in [6.45, 7) is 4.36. The highest BCUT2D eigenvalue weighted by Crippen LogP contribution is 2.28. The van der Waals surface area contributed by atoms with E-state index in [1.165, 1.54) is 0 Å². The van der Waals surface area contributed by atoms with Crippen molar-refractivity contribution in [2.75, 3.05) is 4.43 Å². The summed E-state index contributed by atoms with van der Waals surface area (Å²) in [4.78, 5) is 4.16. The Morgan fingerprint density at radius 3 is 2.50 bits per heavy atom. The molecule has 0 amide bonds. The van der Waals surface area contributed by atoms with Crippen molar-refractivity contribution < 1.29 is 0 Å². The quantitative estimate of drug-likeness (QED) is 0.541. The number of aromatic nitrogens is 2. The fourth-order valence-electron chi connectivity index (χ4n) is 0.798. The van der Waals surface area contributed by atoms with Gasteiger partial charge in [0.2, 0.25) is 0 Å². The van der Waals surface area contributed by atoms with Crippen molar-refractivity contribution >= 4 is 54.5 Å². The Kier molecular flexibility index (Phi) is 3.62. The van der Waals surface area contributed by atoms with E-state index in [2.05, 4.69) is 77.8 Å². The number of halogens is 3. The Balaban J connectivity index is 3.11. The molecule has 1 heterocycles. The highest BCUT2D eigenvalue weighted by Gasteiger charge is 2.21. The lowest BCUT2D eigenvalue weighted by Gasteiger charge is -2.24. The van der Waals surface area contributed by atoms with E-state index >= 15 is 0 Å². The molecule has 1 rings (SSSR count). The first kappa shape index (κ1) is 11.0. The molecule has 1 aromatic rings. The van der Waals surface area contributed by atoms with E-state index in [9.17, 15) is 0 Å². The van der Waals surface area contributed by atoms with Crippen molar-refractivity contribution in [3.05, 3.63) is 15.5 Å². The van der Waals surface area contributed by atoms with Crippen molar-refractivity contribution in [1.29, 1.82) is 0 Å². The average Bonchev–Trinajstić information content (AvgIpc) is 2.33. The third kappa shape index (κ3) is 2.04. The van der Waals surface area contributed by atoms with Gasteiger partial charge in [-0.2, -0.15) is 0 Å². The molecule has 0 atom stereocenters. The normalized spacial score (nSPS) is 12.1. The fraction of sp³-hybridized carbons (Fsp3) is 0.571. The van der Waals surface area contributed by atoms with Crippen LogP contribution in [0.1, 0.15) is 13.8 Å². The number of alkyl halides is 1. The van der Waals surface area contributed by atoms with Crippen molar-refractivity contribution in [2.45, 2.75) is 19.4 Å². The lowest BCUT2D eigenvalue weighted by molar-refractivity contribution is 0.405. The highest BCUT2D eigenvalue weighted by molar-refractivity contribution is 14.1. The molecule has 0 aliphatic heterocycles. The van der Waals surface area contributed by atoms with Crippen molar-refractivity contribution in [2.24, 2.45) is 0 Å². The molecular weight excluding hydrogens is 399 g/mol. The summed E-state index contributed by atoms with van der Waals surface area (Å²) in [5, 5.41) is 0. The van der Waals surface area contributed by atoms with E-state index in [4.69, 9.17) is 0 Å². The summed E-state index contributed by atoms with van der Waals surface area (Å²) in [6, 6.07) is 0. The Morgan fingerprint density at radius 2 is 2.17 bits per heavy atom. The van der Waals surface area contributed by atoms with Crippen molar-refractivity contribution in [3.8, 4) is 0 Å². The second kappa shape index (κ2) is 3.96. The summed E-state index contributed by atoms with van der Waals surface area (Å²) in [6.07, 6.45) is 1.84. The molecule has 2 nitrogen and oxygen atoms in total. The SMILES string of the molecule is CC(C)(CI)n1cnc(Br)c1Br. The highest BCUT2D eigenvalue weighted by atomic mass is 127. The first-order valence-corrected chi connectivity index (χ1v) is 6.55. The van der Waals surface area contributed by atoms with Crippen LogP contribution in [0.4, 0.5) is 0 Å². The van der Waals surface area contributed by atoms with Crippen LogP contribution >= 0.6 is 54.5 Å². The van der Waals surface area contributed by atoms with Gasteiger partial charge in [0.05, 0.1) is 6.33 Å². The largest absolute Gasteiger partial charge is 0.318 e. The van der Waals surface area contributed by atoms with Gasteiger partial charge in [-0.25, -0.2) is 4.98 Å². The minimum atomic E-state index is 0.110. The van der Waals surface area contributed by atoms with Gasteiger partial charge in [0.25, 0.3) is 0 Å². The van der Waals surface area contributed by atoms with Gasteiger partial charge in [-0.1, -0.05) is 22.6 Å². The fourth-order valence-corrected chi connectivity index (χ4v) is 2.12. The summed E-state index contributed by atoms with van der Waals surface area (Å²) < 4.78 is 5.03. The third-order valence-corrected chi connectivity index (χ3v) is 5.38.